The van der Waals surface area contributed by atoms with Gasteiger partial charge in [-0.05, 0) is 53.2 Å². The number of rotatable bonds is 4. The van der Waals surface area contributed by atoms with Gasteiger partial charge in [-0.2, -0.15) is 0 Å². The Morgan fingerprint density at radius 1 is 1.28 bits per heavy atom. The minimum atomic E-state index is 0.154. The van der Waals surface area contributed by atoms with E-state index in [1.807, 2.05) is 24.3 Å². The van der Waals surface area contributed by atoms with Crippen LogP contribution in [-0.2, 0) is 0 Å². The summed E-state index contributed by atoms with van der Waals surface area (Å²) >= 11 is 8.74. The summed E-state index contributed by atoms with van der Waals surface area (Å²) in [5.74, 6) is 0. The Hall–Kier alpha value is -0.360. The molecule has 3 N–H and O–H groups in total. The van der Waals surface area contributed by atoms with Gasteiger partial charge in [0, 0.05) is 30.9 Å². The highest BCUT2D eigenvalue weighted by Crippen LogP contribution is 2.32. The molecule has 1 unspecified atom stereocenters. The van der Waals surface area contributed by atoms with Crippen molar-refractivity contribution in [2.24, 2.45) is 5.73 Å². The number of thiophene rings is 1. The standard InChI is InChI=1S/C13H14Br2N2S/c1-8-11(15)6-13(18-8)12(7-16)17-10-4-2-9(14)3-5-10/h2-6,12,17H,7,16H2,1H3. The molecule has 0 fully saturated rings. The average molecular weight is 390 g/mol. The topological polar surface area (TPSA) is 38.0 Å². The fourth-order valence-corrected chi connectivity index (χ4v) is 3.54. The van der Waals surface area contributed by atoms with Crippen LogP contribution in [0, 0.1) is 6.92 Å². The Balaban J connectivity index is 2.16. The fraction of sp³-hybridized carbons (Fsp3) is 0.231. The van der Waals surface area contributed by atoms with Gasteiger partial charge in [-0.3, -0.25) is 0 Å². The smallest absolute Gasteiger partial charge is 0.0729 e. The number of nitrogens with one attached hydrogen (secondary N) is 1. The van der Waals surface area contributed by atoms with Crippen LogP contribution in [0.5, 0.6) is 0 Å². The Labute approximate surface area is 128 Å². The van der Waals surface area contributed by atoms with E-state index in [9.17, 15) is 0 Å². The fourth-order valence-electron chi connectivity index (χ4n) is 1.65. The summed E-state index contributed by atoms with van der Waals surface area (Å²) in [7, 11) is 0. The molecule has 2 nitrogen and oxygen atoms in total. The van der Waals surface area contributed by atoms with E-state index in [2.05, 4.69) is 50.2 Å². The molecule has 0 saturated heterocycles. The first kappa shape index (κ1) is 14.1. The van der Waals surface area contributed by atoms with Gasteiger partial charge in [0.05, 0.1) is 6.04 Å². The second kappa shape index (κ2) is 6.19. The first-order valence-corrected chi connectivity index (χ1v) is 7.98. The predicted molar refractivity (Wildman–Crippen MR) is 86.3 cm³/mol. The number of halogens is 2. The van der Waals surface area contributed by atoms with Crippen LogP contribution in [0.25, 0.3) is 0 Å². The number of anilines is 1. The highest BCUT2D eigenvalue weighted by Gasteiger charge is 2.13. The minimum absolute atomic E-state index is 0.154. The molecular formula is C13H14Br2N2S. The zero-order chi connectivity index (χ0) is 13.1. The van der Waals surface area contributed by atoms with Crippen molar-refractivity contribution in [3.8, 4) is 0 Å². The molecule has 0 aliphatic rings. The Kier molecular flexibility index (Phi) is 4.84. The van der Waals surface area contributed by atoms with E-state index in [4.69, 9.17) is 5.73 Å². The summed E-state index contributed by atoms with van der Waals surface area (Å²) in [6.07, 6.45) is 0. The van der Waals surface area contributed by atoms with E-state index in [0.29, 0.717) is 6.54 Å². The third-order valence-corrected chi connectivity index (χ3v) is 5.42. The van der Waals surface area contributed by atoms with Gasteiger partial charge < -0.3 is 11.1 Å². The van der Waals surface area contributed by atoms with Crippen molar-refractivity contribution in [3.05, 3.63) is 49.0 Å². The molecule has 1 heterocycles. The van der Waals surface area contributed by atoms with Gasteiger partial charge >= 0.3 is 0 Å². The lowest BCUT2D eigenvalue weighted by Crippen LogP contribution is -2.19. The van der Waals surface area contributed by atoms with Gasteiger partial charge in [-0.1, -0.05) is 15.9 Å². The lowest BCUT2D eigenvalue weighted by atomic mass is 10.2. The van der Waals surface area contributed by atoms with Crippen LogP contribution < -0.4 is 11.1 Å². The van der Waals surface area contributed by atoms with Gasteiger partial charge in [0.25, 0.3) is 0 Å². The second-order valence-corrected chi connectivity index (χ2v) is 7.05. The number of benzene rings is 1. The van der Waals surface area contributed by atoms with Crippen LogP contribution in [0.2, 0.25) is 0 Å². The maximum atomic E-state index is 5.86. The summed E-state index contributed by atoms with van der Waals surface area (Å²) in [4.78, 5) is 2.53. The van der Waals surface area contributed by atoms with Crippen molar-refractivity contribution in [2.75, 3.05) is 11.9 Å². The van der Waals surface area contributed by atoms with Gasteiger partial charge in [0.15, 0.2) is 0 Å². The van der Waals surface area contributed by atoms with E-state index in [-0.39, 0.29) is 6.04 Å². The van der Waals surface area contributed by atoms with Crippen molar-refractivity contribution < 1.29 is 0 Å². The Morgan fingerprint density at radius 2 is 1.94 bits per heavy atom. The molecule has 2 rings (SSSR count). The number of nitrogens with two attached hydrogens (primary N) is 1. The highest BCUT2D eigenvalue weighted by atomic mass is 79.9. The zero-order valence-electron chi connectivity index (χ0n) is 9.91. The van der Waals surface area contributed by atoms with Crippen molar-refractivity contribution in [1.82, 2.24) is 0 Å². The first-order valence-electron chi connectivity index (χ1n) is 5.58. The molecular weight excluding hydrogens is 376 g/mol. The minimum Gasteiger partial charge on any atom is -0.376 e. The molecule has 0 bridgehead atoms. The summed E-state index contributed by atoms with van der Waals surface area (Å²) in [6.45, 7) is 2.67. The van der Waals surface area contributed by atoms with Gasteiger partial charge in [0.1, 0.15) is 0 Å². The van der Waals surface area contributed by atoms with Crippen LogP contribution in [-0.4, -0.2) is 6.54 Å². The van der Waals surface area contributed by atoms with Crippen LogP contribution in [0.4, 0.5) is 5.69 Å². The second-order valence-electron chi connectivity index (χ2n) is 3.99. The van der Waals surface area contributed by atoms with Crippen LogP contribution in [0.1, 0.15) is 15.8 Å². The first-order chi connectivity index (χ1) is 8.60. The quantitative estimate of drug-likeness (QED) is 0.795. The van der Waals surface area contributed by atoms with Gasteiger partial charge in [-0.15, -0.1) is 11.3 Å². The molecule has 96 valence electrons. The molecule has 0 aliphatic heterocycles. The number of hydrogen-bond donors (Lipinski definition) is 2. The van der Waals surface area contributed by atoms with E-state index in [1.165, 1.54) is 9.75 Å². The maximum absolute atomic E-state index is 5.86. The molecule has 2 aromatic rings. The van der Waals surface area contributed by atoms with E-state index in [0.717, 1.165) is 14.6 Å². The molecule has 1 aromatic carbocycles. The van der Waals surface area contributed by atoms with Gasteiger partial charge in [-0.25, -0.2) is 0 Å². The summed E-state index contributed by atoms with van der Waals surface area (Å²) < 4.78 is 2.23. The normalized spacial score (nSPS) is 12.4. The summed E-state index contributed by atoms with van der Waals surface area (Å²) in [6, 6.07) is 10.4. The van der Waals surface area contributed by atoms with E-state index in [1.54, 1.807) is 11.3 Å². The number of aryl methyl sites for hydroxylation is 1. The molecule has 1 aromatic heterocycles. The van der Waals surface area contributed by atoms with E-state index >= 15 is 0 Å². The summed E-state index contributed by atoms with van der Waals surface area (Å²) in [5.41, 5.74) is 6.94. The largest absolute Gasteiger partial charge is 0.376 e. The van der Waals surface area contributed by atoms with Crippen LogP contribution in [0.3, 0.4) is 0 Å². The maximum Gasteiger partial charge on any atom is 0.0729 e. The molecule has 1 atom stereocenters. The lowest BCUT2D eigenvalue weighted by molar-refractivity contribution is 0.805. The SMILES string of the molecule is Cc1sc(C(CN)Nc2ccc(Br)cc2)cc1Br. The third-order valence-electron chi connectivity index (χ3n) is 2.64. The van der Waals surface area contributed by atoms with Crippen molar-refractivity contribution >= 4 is 48.9 Å². The lowest BCUT2D eigenvalue weighted by Gasteiger charge is -2.16. The van der Waals surface area contributed by atoms with Crippen molar-refractivity contribution in [1.29, 1.82) is 0 Å². The van der Waals surface area contributed by atoms with Crippen LogP contribution in [0.15, 0.2) is 39.3 Å². The molecule has 0 saturated carbocycles. The third kappa shape index (κ3) is 3.35. The summed E-state index contributed by atoms with van der Waals surface area (Å²) in [5, 5.41) is 3.46. The van der Waals surface area contributed by atoms with Crippen LogP contribution >= 0.6 is 43.2 Å². The highest BCUT2D eigenvalue weighted by molar-refractivity contribution is 9.10. The number of hydrogen-bond acceptors (Lipinski definition) is 3. The van der Waals surface area contributed by atoms with Gasteiger partial charge in [0.2, 0.25) is 0 Å². The van der Waals surface area contributed by atoms with Crippen molar-refractivity contribution in [2.45, 2.75) is 13.0 Å². The van der Waals surface area contributed by atoms with Crippen molar-refractivity contribution in [3.63, 3.8) is 0 Å². The molecule has 0 radical (unpaired) electrons. The molecule has 0 spiro atoms. The van der Waals surface area contributed by atoms with E-state index < -0.39 is 0 Å². The average Bonchev–Trinajstić information content (AvgIpc) is 2.69. The molecule has 5 heteroatoms. The molecule has 18 heavy (non-hydrogen) atoms. The Morgan fingerprint density at radius 3 is 2.44 bits per heavy atom. The monoisotopic (exact) mass is 388 g/mol. The zero-order valence-corrected chi connectivity index (χ0v) is 13.9. The predicted octanol–water partition coefficient (Wildman–Crippen LogP) is 4.69. The molecule has 0 aliphatic carbocycles. The molecule has 0 amide bonds. The Bertz CT molecular complexity index is 503.